The summed E-state index contributed by atoms with van der Waals surface area (Å²) in [5.74, 6) is 0.637. The zero-order chi connectivity index (χ0) is 29.8. The number of fused-ring (bicyclic) bond motifs is 1. The number of carbonyl (C=O) groups is 2. The van der Waals surface area contributed by atoms with Crippen LogP contribution in [0.5, 0.6) is 0 Å². The number of nitrogens with zero attached hydrogens (tertiary/aromatic N) is 5. The number of amides is 1. The van der Waals surface area contributed by atoms with Gasteiger partial charge in [0.25, 0.3) is 0 Å². The molecular formula is C34H37N7O2. The van der Waals surface area contributed by atoms with E-state index in [0.29, 0.717) is 37.1 Å². The number of aromatic nitrogens is 2. The molecule has 1 atom stereocenters. The third-order valence-corrected chi connectivity index (χ3v) is 8.81. The molecule has 2 aliphatic rings. The Bertz CT molecular complexity index is 1660. The van der Waals surface area contributed by atoms with Crippen molar-refractivity contribution in [2.24, 2.45) is 45.8 Å². The third kappa shape index (κ3) is 6.62. The Morgan fingerprint density at radius 2 is 1.67 bits per heavy atom. The van der Waals surface area contributed by atoms with Gasteiger partial charge in [0.2, 0.25) is 5.91 Å². The topological polar surface area (TPSA) is 127 Å². The van der Waals surface area contributed by atoms with E-state index in [4.69, 9.17) is 5.73 Å². The Labute approximate surface area is 251 Å². The summed E-state index contributed by atoms with van der Waals surface area (Å²) in [5.41, 5.74) is 12.6. The van der Waals surface area contributed by atoms with Gasteiger partial charge in [0.1, 0.15) is 5.78 Å². The summed E-state index contributed by atoms with van der Waals surface area (Å²) in [7, 11) is 1.99. The van der Waals surface area contributed by atoms with Crippen molar-refractivity contribution in [1.29, 1.82) is 0 Å². The van der Waals surface area contributed by atoms with Crippen LogP contribution in [-0.2, 0) is 23.1 Å². The highest BCUT2D eigenvalue weighted by Gasteiger charge is 2.30. The summed E-state index contributed by atoms with van der Waals surface area (Å²) >= 11 is 0. The number of hydrogen-bond donors (Lipinski definition) is 2. The summed E-state index contributed by atoms with van der Waals surface area (Å²) in [4.78, 5) is 35.8. The Morgan fingerprint density at radius 1 is 0.953 bits per heavy atom. The van der Waals surface area contributed by atoms with Crippen LogP contribution in [0.15, 0.2) is 88.3 Å². The predicted molar refractivity (Wildman–Crippen MR) is 169 cm³/mol. The molecule has 2 heterocycles. The highest BCUT2D eigenvalue weighted by Crippen LogP contribution is 2.31. The highest BCUT2D eigenvalue weighted by molar-refractivity contribution is 6.01. The molecule has 1 aromatic heterocycles. The smallest absolute Gasteiger partial charge is 0.228 e. The number of imidazole rings is 1. The van der Waals surface area contributed by atoms with Crippen LogP contribution >= 0.6 is 0 Å². The first-order valence-corrected chi connectivity index (χ1v) is 15.0. The number of carbonyl (C=O) groups excluding carboxylic acids is 2. The van der Waals surface area contributed by atoms with Crippen LogP contribution in [0, 0.1) is 17.8 Å². The Kier molecular flexibility index (Phi) is 8.51. The Morgan fingerprint density at radius 3 is 2.37 bits per heavy atom. The number of amidine groups is 1. The number of nitrogens with one attached hydrogen (secondary N) is 1. The first-order valence-electron chi connectivity index (χ1n) is 15.0. The van der Waals surface area contributed by atoms with Gasteiger partial charge in [-0.05, 0) is 97.7 Å². The first kappa shape index (κ1) is 28.6. The van der Waals surface area contributed by atoms with E-state index < -0.39 is 5.92 Å². The molecule has 9 heteroatoms. The number of anilines is 1. The molecule has 3 N–H and O–H groups in total. The number of aryl methyl sites for hydroxylation is 1. The van der Waals surface area contributed by atoms with Gasteiger partial charge in [0.05, 0.1) is 17.4 Å². The van der Waals surface area contributed by atoms with Gasteiger partial charge in [0, 0.05) is 36.6 Å². The molecule has 4 aromatic rings. The zero-order valence-corrected chi connectivity index (χ0v) is 24.4. The molecule has 9 nitrogen and oxygen atoms in total. The maximum absolute atomic E-state index is 13.6. The van der Waals surface area contributed by atoms with E-state index in [2.05, 4.69) is 61.9 Å². The maximum atomic E-state index is 13.6. The fourth-order valence-corrected chi connectivity index (χ4v) is 6.14. The molecule has 0 bridgehead atoms. The lowest BCUT2D eigenvalue weighted by Gasteiger charge is -2.27. The number of azo groups is 1. The SMILES string of the molecule is Cn1cnc2ccc(-c3ccc(C[C@H](CC(=O)C4CCC(CN)CC4)C(=O)Nc4ccc(C5=NCN=N5)cc4)cc3)cc21. The number of hydrogen-bond acceptors (Lipinski definition) is 7. The number of benzene rings is 3. The highest BCUT2D eigenvalue weighted by atomic mass is 16.2. The van der Waals surface area contributed by atoms with Crippen molar-refractivity contribution in [3.8, 4) is 11.1 Å². The van der Waals surface area contributed by atoms with Crippen molar-refractivity contribution in [3.63, 3.8) is 0 Å². The largest absolute Gasteiger partial charge is 0.334 e. The van der Waals surface area contributed by atoms with Gasteiger partial charge in [-0.2, -0.15) is 5.11 Å². The molecule has 220 valence electrons. The van der Waals surface area contributed by atoms with Gasteiger partial charge in [-0.25, -0.2) is 9.98 Å². The van der Waals surface area contributed by atoms with E-state index in [0.717, 1.165) is 59.0 Å². The van der Waals surface area contributed by atoms with E-state index in [-0.39, 0.29) is 24.0 Å². The average Bonchev–Trinajstić information content (AvgIpc) is 3.72. The molecule has 6 rings (SSSR count). The second kappa shape index (κ2) is 12.8. The van der Waals surface area contributed by atoms with Crippen LogP contribution in [0.4, 0.5) is 5.69 Å². The zero-order valence-electron chi connectivity index (χ0n) is 24.4. The van der Waals surface area contributed by atoms with Crippen LogP contribution in [0.25, 0.3) is 22.2 Å². The predicted octanol–water partition coefficient (Wildman–Crippen LogP) is 5.93. The quantitative estimate of drug-likeness (QED) is 0.243. The van der Waals surface area contributed by atoms with Crippen molar-refractivity contribution in [3.05, 3.63) is 84.2 Å². The van der Waals surface area contributed by atoms with E-state index >= 15 is 0 Å². The molecule has 1 amide bonds. The average molecular weight is 576 g/mol. The molecule has 0 saturated heterocycles. The fourth-order valence-electron chi connectivity index (χ4n) is 6.14. The first-order chi connectivity index (χ1) is 21.0. The molecular weight excluding hydrogens is 538 g/mol. The van der Waals surface area contributed by atoms with Crippen molar-refractivity contribution in [2.75, 3.05) is 18.5 Å². The second-order valence-electron chi connectivity index (χ2n) is 11.7. The number of rotatable bonds is 10. The van der Waals surface area contributed by atoms with Gasteiger partial charge < -0.3 is 15.6 Å². The van der Waals surface area contributed by atoms with Gasteiger partial charge >= 0.3 is 0 Å². The molecule has 3 aromatic carbocycles. The standard InChI is InChI=1S/C34H37N7O2/c1-41-21-37-30-15-12-27(17-31(30)41)24-6-2-22(3-7-24)16-28(18-32(42)25-8-4-23(19-35)5-9-25)34(43)39-29-13-10-26(11-14-29)33-36-20-38-40-33/h2-3,6-7,10-15,17,21,23,25,28H,4-5,8-9,16,18-20,35H2,1H3,(H,39,43)/t23?,25?,28-/m1/s1. The number of Topliss-reactive ketones (excluding diaryl/α,β-unsaturated/α-hetero) is 1. The van der Waals surface area contributed by atoms with Crippen LogP contribution in [-0.4, -0.2) is 40.3 Å². The molecule has 1 aliphatic heterocycles. The van der Waals surface area contributed by atoms with Gasteiger partial charge in [-0.3, -0.25) is 9.59 Å². The van der Waals surface area contributed by atoms with Crippen molar-refractivity contribution >= 4 is 34.2 Å². The summed E-state index contributed by atoms with van der Waals surface area (Å²) < 4.78 is 2.01. The Balaban J connectivity index is 1.18. The third-order valence-electron chi connectivity index (χ3n) is 8.81. The molecule has 1 saturated carbocycles. The van der Waals surface area contributed by atoms with Crippen molar-refractivity contribution < 1.29 is 9.59 Å². The van der Waals surface area contributed by atoms with Crippen LogP contribution in [0.2, 0.25) is 0 Å². The second-order valence-corrected chi connectivity index (χ2v) is 11.7. The lowest BCUT2D eigenvalue weighted by atomic mass is 9.77. The lowest BCUT2D eigenvalue weighted by molar-refractivity contribution is -0.129. The minimum atomic E-state index is -0.482. The molecule has 1 fully saturated rings. The van der Waals surface area contributed by atoms with Gasteiger partial charge in [-0.1, -0.05) is 30.3 Å². The number of nitrogens with two attached hydrogens (primary N) is 1. The minimum absolute atomic E-state index is 0.00281. The van der Waals surface area contributed by atoms with Crippen LogP contribution in [0.3, 0.4) is 0 Å². The Hall–Kier alpha value is -4.50. The fraction of sp³-hybridized carbons (Fsp3) is 0.353. The maximum Gasteiger partial charge on any atom is 0.228 e. The number of ketones is 1. The van der Waals surface area contributed by atoms with E-state index in [9.17, 15) is 9.59 Å². The summed E-state index contributed by atoms with van der Waals surface area (Å²) in [5, 5.41) is 11.0. The summed E-state index contributed by atoms with van der Waals surface area (Å²) in [6.45, 7) is 1.02. The summed E-state index contributed by atoms with van der Waals surface area (Å²) in [6.07, 6.45) is 6.18. The molecule has 0 spiro atoms. The normalized spacial score (nSPS) is 18.9. The minimum Gasteiger partial charge on any atom is -0.334 e. The molecule has 43 heavy (non-hydrogen) atoms. The molecule has 1 aliphatic carbocycles. The lowest BCUT2D eigenvalue weighted by Crippen LogP contribution is -2.31. The van der Waals surface area contributed by atoms with E-state index in [1.807, 2.05) is 48.3 Å². The monoisotopic (exact) mass is 575 g/mol. The van der Waals surface area contributed by atoms with E-state index in [1.54, 1.807) is 0 Å². The molecule has 0 radical (unpaired) electrons. The van der Waals surface area contributed by atoms with E-state index in [1.165, 1.54) is 0 Å². The van der Waals surface area contributed by atoms with Gasteiger partial charge in [0.15, 0.2) is 12.5 Å². The summed E-state index contributed by atoms with van der Waals surface area (Å²) in [6, 6.07) is 22.0. The van der Waals surface area contributed by atoms with Crippen molar-refractivity contribution in [1.82, 2.24) is 9.55 Å². The molecule has 0 unspecified atom stereocenters. The van der Waals surface area contributed by atoms with Crippen LogP contribution < -0.4 is 11.1 Å². The van der Waals surface area contributed by atoms with Crippen molar-refractivity contribution in [2.45, 2.75) is 38.5 Å². The number of aliphatic imine (C=N–C) groups is 1. The van der Waals surface area contributed by atoms with Gasteiger partial charge in [-0.15, -0.1) is 5.11 Å². The van der Waals surface area contributed by atoms with Crippen LogP contribution in [0.1, 0.15) is 43.2 Å².